The minimum absolute atomic E-state index is 0.0369. The van der Waals surface area contributed by atoms with Gasteiger partial charge in [0, 0.05) is 0 Å². The smallest absolute Gasteiger partial charge is 0.244 e. The minimum Gasteiger partial charge on any atom is -0.473 e. The van der Waals surface area contributed by atoms with Gasteiger partial charge in [0.05, 0.1) is 17.9 Å². The Morgan fingerprint density at radius 1 is 1.50 bits per heavy atom. The normalized spacial score (nSPS) is 12.5. The molecule has 1 heterocycles. The van der Waals surface area contributed by atoms with Crippen LogP contribution < -0.4 is 10.5 Å². The van der Waals surface area contributed by atoms with Crippen LogP contribution >= 0.6 is 0 Å². The molecular formula is C11H18N4O. The van der Waals surface area contributed by atoms with Crippen molar-refractivity contribution < 1.29 is 4.74 Å². The maximum atomic E-state index is 7.39. The standard InChI is InChI=1S/C11H18N4O/c1-7(2)6-8(3)16-11-9(10(12)13)4-5-14-15-11/h4-5,7-8H,6H2,1-3H3,(H3,12,13). The van der Waals surface area contributed by atoms with Crippen molar-refractivity contribution in [2.24, 2.45) is 11.7 Å². The number of amidine groups is 1. The molecule has 1 aromatic heterocycles. The molecule has 0 bridgehead atoms. The van der Waals surface area contributed by atoms with Crippen molar-refractivity contribution in [1.82, 2.24) is 10.2 Å². The Morgan fingerprint density at radius 3 is 2.75 bits per heavy atom. The molecular weight excluding hydrogens is 204 g/mol. The summed E-state index contributed by atoms with van der Waals surface area (Å²) in [5.41, 5.74) is 5.92. The highest BCUT2D eigenvalue weighted by atomic mass is 16.5. The fourth-order valence-corrected chi connectivity index (χ4v) is 1.51. The fraction of sp³-hybridized carbons (Fsp3) is 0.545. The second-order valence-electron chi connectivity index (χ2n) is 4.22. The van der Waals surface area contributed by atoms with E-state index in [1.165, 1.54) is 6.20 Å². The molecule has 16 heavy (non-hydrogen) atoms. The zero-order chi connectivity index (χ0) is 12.1. The van der Waals surface area contributed by atoms with Gasteiger partial charge in [-0.15, -0.1) is 5.10 Å². The van der Waals surface area contributed by atoms with Gasteiger partial charge >= 0.3 is 0 Å². The van der Waals surface area contributed by atoms with E-state index >= 15 is 0 Å². The first-order chi connectivity index (χ1) is 7.50. The molecule has 0 saturated heterocycles. The number of hydrogen-bond acceptors (Lipinski definition) is 4. The molecule has 0 amide bonds. The molecule has 5 nitrogen and oxygen atoms in total. The first kappa shape index (κ1) is 12.4. The summed E-state index contributed by atoms with van der Waals surface area (Å²) in [5, 5.41) is 15.0. The molecule has 0 radical (unpaired) electrons. The van der Waals surface area contributed by atoms with Crippen molar-refractivity contribution in [2.75, 3.05) is 0 Å². The predicted octanol–water partition coefficient (Wildman–Crippen LogP) is 1.57. The van der Waals surface area contributed by atoms with Gasteiger partial charge in [-0.3, -0.25) is 5.41 Å². The fourth-order valence-electron chi connectivity index (χ4n) is 1.51. The summed E-state index contributed by atoms with van der Waals surface area (Å²) in [6, 6.07) is 1.63. The van der Waals surface area contributed by atoms with Gasteiger partial charge in [0.25, 0.3) is 0 Å². The predicted molar refractivity (Wildman–Crippen MR) is 62.6 cm³/mol. The maximum absolute atomic E-state index is 7.39. The molecule has 1 unspecified atom stereocenters. The van der Waals surface area contributed by atoms with Gasteiger partial charge in [0.1, 0.15) is 5.84 Å². The Labute approximate surface area is 95.5 Å². The van der Waals surface area contributed by atoms with Crippen LogP contribution in [0.1, 0.15) is 32.8 Å². The number of aromatic nitrogens is 2. The summed E-state index contributed by atoms with van der Waals surface area (Å²) in [7, 11) is 0. The number of nitrogens with zero attached hydrogens (tertiary/aromatic N) is 2. The molecule has 0 fully saturated rings. The Balaban J connectivity index is 2.76. The van der Waals surface area contributed by atoms with Gasteiger partial charge in [0.15, 0.2) is 0 Å². The third-order valence-electron chi connectivity index (χ3n) is 2.09. The van der Waals surface area contributed by atoms with Crippen LogP contribution in [0.15, 0.2) is 12.3 Å². The van der Waals surface area contributed by atoms with Gasteiger partial charge in [-0.25, -0.2) is 0 Å². The molecule has 3 N–H and O–H groups in total. The number of nitrogens with two attached hydrogens (primary N) is 1. The number of nitrogens with one attached hydrogen (secondary N) is 1. The Morgan fingerprint density at radius 2 is 2.19 bits per heavy atom. The van der Waals surface area contributed by atoms with E-state index in [1.807, 2.05) is 6.92 Å². The molecule has 0 saturated carbocycles. The molecule has 0 aliphatic rings. The maximum Gasteiger partial charge on any atom is 0.244 e. The van der Waals surface area contributed by atoms with E-state index in [0.717, 1.165) is 6.42 Å². The van der Waals surface area contributed by atoms with Crippen LogP contribution in [0.5, 0.6) is 5.88 Å². The van der Waals surface area contributed by atoms with E-state index < -0.39 is 0 Å². The first-order valence-corrected chi connectivity index (χ1v) is 5.33. The Kier molecular flexibility index (Phi) is 4.22. The zero-order valence-corrected chi connectivity index (χ0v) is 9.90. The van der Waals surface area contributed by atoms with Crippen LogP contribution in [-0.4, -0.2) is 22.1 Å². The zero-order valence-electron chi connectivity index (χ0n) is 9.90. The van der Waals surface area contributed by atoms with Crippen LogP contribution in [0.25, 0.3) is 0 Å². The largest absolute Gasteiger partial charge is 0.473 e. The molecule has 0 spiro atoms. The van der Waals surface area contributed by atoms with Crippen LogP contribution in [-0.2, 0) is 0 Å². The number of rotatable bonds is 5. The van der Waals surface area contributed by atoms with Crippen LogP contribution in [0.4, 0.5) is 0 Å². The number of nitrogen functional groups attached to an aromatic ring is 1. The van der Waals surface area contributed by atoms with Gasteiger partial charge in [-0.2, -0.15) is 5.10 Å². The second-order valence-corrected chi connectivity index (χ2v) is 4.22. The Bertz CT molecular complexity index is 365. The third kappa shape index (κ3) is 3.49. The molecule has 0 aliphatic heterocycles. The van der Waals surface area contributed by atoms with E-state index in [2.05, 4.69) is 24.0 Å². The van der Waals surface area contributed by atoms with Crippen molar-refractivity contribution >= 4 is 5.84 Å². The van der Waals surface area contributed by atoms with Crippen molar-refractivity contribution in [2.45, 2.75) is 33.3 Å². The summed E-state index contributed by atoms with van der Waals surface area (Å²) in [6.07, 6.45) is 2.46. The van der Waals surface area contributed by atoms with Gasteiger partial charge in [-0.1, -0.05) is 13.8 Å². The van der Waals surface area contributed by atoms with Gasteiger partial charge in [-0.05, 0) is 25.3 Å². The molecule has 0 aliphatic carbocycles. The van der Waals surface area contributed by atoms with Crippen molar-refractivity contribution in [3.05, 3.63) is 17.8 Å². The highest BCUT2D eigenvalue weighted by Gasteiger charge is 2.13. The summed E-state index contributed by atoms with van der Waals surface area (Å²) in [6.45, 7) is 6.23. The minimum atomic E-state index is -0.0540. The molecule has 88 valence electrons. The van der Waals surface area contributed by atoms with Crippen molar-refractivity contribution in [1.29, 1.82) is 5.41 Å². The summed E-state index contributed by atoms with van der Waals surface area (Å²) in [4.78, 5) is 0. The van der Waals surface area contributed by atoms with Gasteiger partial charge in [0.2, 0.25) is 5.88 Å². The highest BCUT2D eigenvalue weighted by molar-refractivity contribution is 5.96. The number of hydrogen-bond donors (Lipinski definition) is 2. The lowest BCUT2D eigenvalue weighted by molar-refractivity contribution is 0.183. The highest BCUT2D eigenvalue weighted by Crippen LogP contribution is 2.16. The van der Waals surface area contributed by atoms with Crippen LogP contribution in [0.2, 0.25) is 0 Å². The van der Waals surface area contributed by atoms with Crippen LogP contribution in [0.3, 0.4) is 0 Å². The molecule has 1 aromatic rings. The molecule has 1 atom stereocenters. The molecule has 5 heteroatoms. The van der Waals surface area contributed by atoms with Gasteiger partial charge < -0.3 is 10.5 Å². The van der Waals surface area contributed by atoms with Crippen molar-refractivity contribution in [3.63, 3.8) is 0 Å². The van der Waals surface area contributed by atoms with E-state index in [1.54, 1.807) is 6.07 Å². The summed E-state index contributed by atoms with van der Waals surface area (Å²) >= 11 is 0. The Hall–Kier alpha value is -1.65. The third-order valence-corrected chi connectivity index (χ3v) is 2.09. The van der Waals surface area contributed by atoms with Crippen LogP contribution in [0, 0.1) is 11.3 Å². The lowest BCUT2D eigenvalue weighted by Crippen LogP contribution is -2.20. The van der Waals surface area contributed by atoms with E-state index in [-0.39, 0.29) is 11.9 Å². The lowest BCUT2D eigenvalue weighted by Gasteiger charge is -2.16. The monoisotopic (exact) mass is 222 g/mol. The van der Waals surface area contributed by atoms with Crippen molar-refractivity contribution in [3.8, 4) is 5.88 Å². The topological polar surface area (TPSA) is 84.9 Å². The average molecular weight is 222 g/mol. The summed E-state index contributed by atoms with van der Waals surface area (Å²) in [5.74, 6) is 0.831. The molecule has 1 rings (SSSR count). The summed E-state index contributed by atoms with van der Waals surface area (Å²) < 4.78 is 5.62. The lowest BCUT2D eigenvalue weighted by atomic mass is 10.1. The van der Waals surface area contributed by atoms with E-state index in [9.17, 15) is 0 Å². The van der Waals surface area contributed by atoms with E-state index in [4.69, 9.17) is 15.9 Å². The second kappa shape index (κ2) is 5.44. The number of ether oxygens (including phenoxy) is 1. The average Bonchev–Trinajstić information content (AvgIpc) is 2.16. The van der Waals surface area contributed by atoms with E-state index in [0.29, 0.717) is 17.4 Å². The SMILES string of the molecule is CC(C)CC(C)Oc1nnccc1C(=N)N. The first-order valence-electron chi connectivity index (χ1n) is 5.33. The quantitative estimate of drug-likeness (QED) is 0.585. The molecule has 0 aromatic carbocycles.